The fraction of sp³-hybridized carbons (Fsp3) is 0.586. The molecular formula is C29H38O16. The van der Waals surface area contributed by atoms with Gasteiger partial charge in [0.25, 0.3) is 0 Å². The Bertz CT molecular complexity index is 1240. The van der Waals surface area contributed by atoms with Crippen molar-refractivity contribution in [2.75, 3.05) is 34.2 Å². The Morgan fingerprint density at radius 1 is 0.622 bits per heavy atom. The van der Waals surface area contributed by atoms with E-state index in [4.69, 9.17) is 37.9 Å². The third-order valence-corrected chi connectivity index (χ3v) is 7.89. The normalized spacial score (nSPS) is 32.7. The van der Waals surface area contributed by atoms with Gasteiger partial charge in [0, 0.05) is 0 Å². The predicted molar refractivity (Wildman–Crippen MR) is 148 cm³/mol. The van der Waals surface area contributed by atoms with E-state index in [0.717, 1.165) is 5.56 Å². The highest BCUT2D eigenvalue weighted by atomic mass is 16.7. The lowest BCUT2D eigenvalue weighted by atomic mass is 9.99. The van der Waals surface area contributed by atoms with Crippen molar-refractivity contribution < 1.29 is 78.7 Å². The molecule has 5 rings (SSSR count). The molecule has 16 heteroatoms. The average molecular weight is 643 g/mol. The fourth-order valence-electron chi connectivity index (χ4n) is 5.35. The first kappa shape index (κ1) is 33.2. The van der Waals surface area contributed by atoms with Gasteiger partial charge in [-0.05, 0) is 48.2 Å². The van der Waals surface area contributed by atoms with Crippen LogP contribution in [0.2, 0.25) is 0 Å². The molecule has 2 fully saturated rings. The molecule has 8 N–H and O–H groups in total. The molecule has 2 aromatic carbocycles. The molecule has 16 nitrogen and oxygen atoms in total. The van der Waals surface area contributed by atoms with Gasteiger partial charge in [-0.3, -0.25) is 0 Å². The molecule has 45 heavy (non-hydrogen) atoms. The van der Waals surface area contributed by atoms with Crippen molar-refractivity contribution in [1.82, 2.24) is 0 Å². The van der Waals surface area contributed by atoms with Crippen molar-refractivity contribution >= 4 is 0 Å². The SMILES string of the molecule is COc1cc(CCc2cc(O[C@@H]3O[C@H](CO)[C@@H](O)[C@H](O)[C@H]3O)c(OC)c(O[C@@H]3O[C@H](CO)[C@@H](O)[C@H](O)[C@H]3O)c2)cc2c1OCO2. The number of aryl methyl sites for hydroxylation is 2. The van der Waals surface area contributed by atoms with Crippen LogP contribution < -0.4 is 28.4 Å². The number of rotatable bonds is 11. The highest BCUT2D eigenvalue weighted by molar-refractivity contribution is 5.56. The summed E-state index contributed by atoms with van der Waals surface area (Å²) in [5.41, 5.74) is 1.41. The molecule has 3 heterocycles. The van der Waals surface area contributed by atoms with Crippen LogP contribution in [0.25, 0.3) is 0 Å². The standard InChI is InChI=1S/C29H38O16/c1-38-14-5-12(6-15-27(14)41-11-40-15)3-4-13-7-16(42-28-24(36)22(34)20(32)18(9-30)44-28)26(39-2)17(8-13)43-29-25(37)23(35)21(33)19(10-31)45-29/h5-8,18-25,28-37H,3-4,9-11H2,1-2H3/t18-,19-,20-,21-,22+,23+,24-,25-,28-,29-/m1/s1. The lowest BCUT2D eigenvalue weighted by Crippen LogP contribution is -2.60. The van der Waals surface area contributed by atoms with Gasteiger partial charge in [0.05, 0.1) is 27.4 Å². The van der Waals surface area contributed by atoms with Crippen LogP contribution in [-0.2, 0) is 22.3 Å². The van der Waals surface area contributed by atoms with Crippen LogP contribution in [0.1, 0.15) is 11.1 Å². The van der Waals surface area contributed by atoms with Gasteiger partial charge in [-0.2, -0.15) is 0 Å². The first-order valence-electron chi connectivity index (χ1n) is 14.2. The van der Waals surface area contributed by atoms with E-state index in [1.54, 1.807) is 18.2 Å². The lowest BCUT2D eigenvalue weighted by Gasteiger charge is -2.40. The van der Waals surface area contributed by atoms with Gasteiger partial charge >= 0.3 is 0 Å². The Morgan fingerprint density at radius 3 is 1.58 bits per heavy atom. The molecule has 0 spiro atoms. The second-order valence-electron chi connectivity index (χ2n) is 10.8. The van der Waals surface area contributed by atoms with E-state index in [0.29, 0.717) is 35.7 Å². The summed E-state index contributed by atoms with van der Waals surface area (Å²) in [6, 6.07) is 6.73. The number of ether oxygens (including phenoxy) is 8. The number of hydrogen-bond acceptors (Lipinski definition) is 16. The quantitative estimate of drug-likeness (QED) is 0.127. The summed E-state index contributed by atoms with van der Waals surface area (Å²) in [7, 11) is 2.80. The van der Waals surface area contributed by atoms with Crippen LogP contribution in [0.5, 0.6) is 34.5 Å². The van der Waals surface area contributed by atoms with Gasteiger partial charge in [0.2, 0.25) is 30.9 Å². The monoisotopic (exact) mass is 642 g/mol. The Morgan fingerprint density at radius 2 is 1.11 bits per heavy atom. The minimum absolute atomic E-state index is 0.0535. The molecule has 2 aromatic rings. The van der Waals surface area contributed by atoms with Gasteiger partial charge in [-0.1, -0.05) is 0 Å². The van der Waals surface area contributed by atoms with Crippen molar-refractivity contribution in [3.63, 3.8) is 0 Å². The Hall–Kier alpha value is -3.16. The van der Waals surface area contributed by atoms with Gasteiger partial charge in [-0.15, -0.1) is 0 Å². The van der Waals surface area contributed by atoms with Gasteiger partial charge in [-0.25, -0.2) is 0 Å². The van der Waals surface area contributed by atoms with Crippen LogP contribution in [0.15, 0.2) is 24.3 Å². The zero-order valence-electron chi connectivity index (χ0n) is 24.5. The predicted octanol–water partition coefficient (Wildman–Crippen LogP) is -2.42. The maximum atomic E-state index is 10.6. The molecule has 10 atom stereocenters. The molecular weight excluding hydrogens is 604 g/mol. The maximum absolute atomic E-state index is 10.6. The van der Waals surface area contributed by atoms with Crippen LogP contribution in [0, 0.1) is 0 Å². The Kier molecular flexibility index (Phi) is 10.4. The molecule has 0 unspecified atom stereocenters. The van der Waals surface area contributed by atoms with Crippen molar-refractivity contribution in [2.45, 2.75) is 74.3 Å². The second-order valence-corrected chi connectivity index (χ2v) is 10.8. The largest absolute Gasteiger partial charge is 0.493 e. The minimum atomic E-state index is -1.73. The van der Waals surface area contributed by atoms with Crippen LogP contribution >= 0.6 is 0 Å². The topological polar surface area (TPSA) is 236 Å². The summed E-state index contributed by atoms with van der Waals surface area (Å²) in [6.45, 7) is -1.29. The summed E-state index contributed by atoms with van der Waals surface area (Å²) in [5.74, 6) is 1.34. The van der Waals surface area contributed by atoms with Crippen LogP contribution in [0.4, 0.5) is 0 Å². The van der Waals surface area contributed by atoms with Crippen molar-refractivity contribution in [2.24, 2.45) is 0 Å². The lowest BCUT2D eigenvalue weighted by molar-refractivity contribution is -0.279. The summed E-state index contributed by atoms with van der Waals surface area (Å²) >= 11 is 0. The van der Waals surface area contributed by atoms with Gasteiger partial charge in [0.15, 0.2) is 23.0 Å². The molecule has 3 aliphatic rings. The molecule has 0 radical (unpaired) electrons. The van der Waals surface area contributed by atoms with E-state index < -0.39 is 74.6 Å². The van der Waals surface area contributed by atoms with E-state index in [9.17, 15) is 40.9 Å². The number of aliphatic hydroxyl groups is 8. The maximum Gasteiger partial charge on any atom is 0.231 e. The summed E-state index contributed by atoms with van der Waals surface area (Å²) < 4.78 is 44.8. The number of fused-ring (bicyclic) bond motifs is 1. The molecule has 0 aromatic heterocycles. The molecule has 3 aliphatic heterocycles. The summed E-state index contributed by atoms with van der Waals surface area (Å²) in [6.07, 6.45) is -14.9. The summed E-state index contributed by atoms with van der Waals surface area (Å²) in [4.78, 5) is 0. The second kappa shape index (κ2) is 14.1. The van der Waals surface area contributed by atoms with Gasteiger partial charge < -0.3 is 78.7 Å². The van der Waals surface area contributed by atoms with Crippen molar-refractivity contribution in [3.05, 3.63) is 35.4 Å². The highest BCUT2D eigenvalue weighted by Crippen LogP contribution is 2.44. The van der Waals surface area contributed by atoms with Gasteiger partial charge in [0.1, 0.15) is 48.8 Å². The number of methoxy groups -OCH3 is 2. The molecule has 0 amide bonds. The fourth-order valence-corrected chi connectivity index (χ4v) is 5.35. The molecule has 0 aliphatic carbocycles. The van der Waals surface area contributed by atoms with Crippen molar-refractivity contribution in [1.29, 1.82) is 0 Å². The van der Waals surface area contributed by atoms with E-state index in [2.05, 4.69) is 0 Å². The van der Waals surface area contributed by atoms with E-state index in [1.165, 1.54) is 14.2 Å². The van der Waals surface area contributed by atoms with Crippen LogP contribution in [0.3, 0.4) is 0 Å². The zero-order valence-corrected chi connectivity index (χ0v) is 24.5. The zero-order chi connectivity index (χ0) is 32.4. The Labute approximate surface area is 257 Å². The first-order valence-corrected chi connectivity index (χ1v) is 14.2. The molecule has 0 bridgehead atoms. The smallest absolute Gasteiger partial charge is 0.231 e. The molecule has 250 valence electrons. The van der Waals surface area contributed by atoms with E-state index in [-0.39, 0.29) is 24.0 Å². The Balaban J connectivity index is 1.47. The number of hydrogen-bond donors (Lipinski definition) is 8. The summed E-state index contributed by atoms with van der Waals surface area (Å²) in [5, 5.41) is 81.3. The molecule has 2 saturated heterocycles. The average Bonchev–Trinajstić information content (AvgIpc) is 3.52. The minimum Gasteiger partial charge on any atom is -0.493 e. The molecule has 0 saturated carbocycles. The third kappa shape index (κ3) is 6.71. The third-order valence-electron chi connectivity index (χ3n) is 7.89. The first-order chi connectivity index (χ1) is 21.6. The number of benzene rings is 2. The van der Waals surface area contributed by atoms with E-state index in [1.807, 2.05) is 6.07 Å². The van der Waals surface area contributed by atoms with Crippen molar-refractivity contribution in [3.8, 4) is 34.5 Å². The number of aliphatic hydroxyl groups excluding tert-OH is 8. The van der Waals surface area contributed by atoms with E-state index >= 15 is 0 Å². The highest BCUT2D eigenvalue weighted by Gasteiger charge is 2.46. The van der Waals surface area contributed by atoms with Crippen LogP contribution in [-0.4, -0.2) is 136 Å².